The molecule has 3 heteroatoms. The molecule has 0 atom stereocenters. The molecule has 1 amide bonds. The van der Waals surface area contributed by atoms with Crippen LogP contribution in [-0.2, 0) is 4.79 Å². The van der Waals surface area contributed by atoms with Gasteiger partial charge in [-0.25, -0.2) is 0 Å². The fourth-order valence-electron chi connectivity index (χ4n) is 0.489. The third-order valence-electron chi connectivity index (χ3n) is 1.10. The normalized spacial score (nSPS) is 11.4. The number of amides is 1. The quantitative estimate of drug-likeness (QED) is 0.683. The van der Waals surface area contributed by atoms with Crippen LogP contribution in [0, 0.1) is 0 Å². The fourth-order valence-corrected chi connectivity index (χ4v) is 3.28. The molecule has 53 valence electrons. The fraction of sp³-hybridized carbons (Fsp3) is 0.833. The van der Waals surface area contributed by atoms with Gasteiger partial charge in [0.2, 0.25) is 0 Å². The minimum atomic E-state index is -1.70. The molecule has 0 aromatic carbocycles. The van der Waals surface area contributed by atoms with Gasteiger partial charge in [-0.2, -0.15) is 0 Å². The van der Waals surface area contributed by atoms with Crippen LogP contribution in [0.5, 0.6) is 0 Å². The molecule has 0 aliphatic rings. The minimum absolute atomic E-state index is 0.401. The van der Waals surface area contributed by atoms with Gasteiger partial charge >= 0.3 is 60.5 Å². The van der Waals surface area contributed by atoms with Crippen LogP contribution in [0.2, 0.25) is 19.3 Å². The van der Waals surface area contributed by atoms with Gasteiger partial charge < -0.3 is 0 Å². The molecule has 1 radical (unpaired) electrons. The average molecular weight is 235 g/mol. The van der Waals surface area contributed by atoms with Gasteiger partial charge in [-0.1, -0.05) is 0 Å². The molecule has 9 heavy (non-hydrogen) atoms. The molecule has 0 saturated carbocycles. The molecule has 0 spiro atoms. The second kappa shape index (κ2) is 3.44. The van der Waals surface area contributed by atoms with Crippen LogP contribution in [0.1, 0.15) is 6.42 Å². The summed E-state index contributed by atoms with van der Waals surface area (Å²) in [5.41, 5.74) is 6.65. The van der Waals surface area contributed by atoms with Gasteiger partial charge in [-0.15, -0.1) is 0 Å². The number of rotatable bonds is 3. The van der Waals surface area contributed by atoms with Crippen molar-refractivity contribution < 1.29 is 4.79 Å². The van der Waals surface area contributed by atoms with E-state index in [0.717, 1.165) is 4.44 Å². The summed E-state index contributed by atoms with van der Waals surface area (Å²) in [7, 11) is 0. The molecule has 2 nitrogen and oxygen atoms in total. The summed E-state index contributed by atoms with van der Waals surface area (Å²) >= 11 is -1.70. The summed E-state index contributed by atoms with van der Waals surface area (Å²) in [5.74, 6) is -0.401. The van der Waals surface area contributed by atoms with Gasteiger partial charge in [-0.3, -0.25) is 0 Å². The number of hydrogen-bond donors (Lipinski definition) is 0. The maximum absolute atomic E-state index is 10.2. The second-order valence-corrected chi connectivity index (χ2v) is 19.5. The number of carbonyl (C=O) groups is 1. The van der Waals surface area contributed by atoms with Crippen molar-refractivity contribution in [3.05, 3.63) is 0 Å². The zero-order valence-electron chi connectivity index (χ0n) is 6.32. The Hall–Kier alpha value is 0.269. The van der Waals surface area contributed by atoms with E-state index in [1.54, 1.807) is 0 Å². The van der Waals surface area contributed by atoms with E-state index in [4.69, 9.17) is 5.73 Å². The Kier molecular flexibility index (Phi) is 3.54. The molecule has 0 unspecified atom stereocenters. The molecule has 0 aliphatic carbocycles. The van der Waals surface area contributed by atoms with Crippen LogP contribution in [-0.4, -0.2) is 24.3 Å². The van der Waals surface area contributed by atoms with Crippen molar-refractivity contribution in [3.63, 3.8) is 0 Å². The molecule has 0 saturated heterocycles. The first-order valence-electron chi connectivity index (χ1n) is 3.16. The Morgan fingerprint density at radius 3 is 2.00 bits per heavy atom. The van der Waals surface area contributed by atoms with Gasteiger partial charge in [0.1, 0.15) is 0 Å². The van der Waals surface area contributed by atoms with Crippen LogP contribution < -0.4 is 5.73 Å². The maximum atomic E-state index is 10.2. The van der Waals surface area contributed by atoms with Crippen molar-refractivity contribution in [1.82, 2.24) is 5.73 Å². The molecular formula is C6H14NOSn. The molecule has 0 rings (SSSR count). The predicted molar refractivity (Wildman–Crippen MR) is 40.9 cm³/mol. The van der Waals surface area contributed by atoms with Crippen LogP contribution in [0.3, 0.4) is 0 Å². The zero-order chi connectivity index (χ0) is 7.49. The number of nitrogens with one attached hydrogen (secondary N) is 1. The Morgan fingerprint density at radius 2 is 1.89 bits per heavy atom. The Morgan fingerprint density at radius 1 is 1.44 bits per heavy atom. The summed E-state index contributed by atoms with van der Waals surface area (Å²) < 4.78 is 1.02. The van der Waals surface area contributed by atoms with Crippen molar-refractivity contribution >= 4 is 24.3 Å². The van der Waals surface area contributed by atoms with Crippen LogP contribution in [0.25, 0.3) is 0 Å². The van der Waals surface area contributed by atoms with Crippen molar-refractivity contribution in [2.24, 2.45) is 0 Å². The van der Waals surface area contributed by atoms with Gasteiger partial charge in [-0.05, 0) is 0 Å². The summed E-state index contributed by atoms with van der Waals surface area (Å²) in [5, 5.41) is 0. The zero-order valence-corrected chi connectivity index (χ0v) is 9.18. The van der Waals surface area contributed by atoms with E-state index in [1.165, 1.54) is 0 Å². The number of carbonyl (C=O) groups excluding carboxylic acids is 1. The average Bonchev–Trinajstić information content (AvgIpc) is 1.59. The van der Waals surface area contributed by atoms with Crippen molar-refractivity contribution in [2.75, 3.05) is 0 Å². The Labute approximate surface area is 60.7 Å². The van der Waals surface area contributed by atoms with Crippen LogP contribution in [0.4, 0.5) is 0 Å². The Balaban J connectivity index is 3.39. The first-order valence-corrected chi connectivity index (χ1v) is 13.7. The second-order valence-electron chi connectivity index (χ2n) is 3.48. The summed E-state index contributed by atoms with van der Waals surface area (Å²) in [6.07, 6.45) is 0.486. The van der Waals surface area contributed by atoms with Crippen LogP contribution in [0.15, 0.2) is 0 Å². The van der Waals surface area contributed by atoms with Crippen molar-refractivity contribution in [1.29, 1.82) is 0 Å². The van der Waals surface area contributed by atoms with E-state index in [-0.39, 0.29) is 0 Å². The SMILES string of the molecule is [CH3][Sn]([CH3])([CH3])[CH2]CC([NH])=O. The van der Waals surface area contributed by atoms with Gasteiger partial charge in [0.05, 0.1) is 0 Å². The van der Waals surface area contributed by atoms with Crippen molar-refractivity contribution in [2.45, 2.75) is 25.7 Å². The van der Waals surface area contributed by atoms with Gasteiger partial charge in [0.15, 0.2) is 0 Å². The van der Waals surface area contributed by atoms with E-state index in [9.17, 15) is 4.79 Å². The summed E-state index contributed by atoms with van der Waals surface area (Å²) in [6.45, 7) is 0. The van der Waals surface area contributed by atoms with E-state index in [2.05, 4.69) is 14.8 Å². The molecule has 0 heterocycles. The first-order chi connectivity index (χ1) is 3.92. The first kappa shape index (κ1) is 9.27. The summed E-state index contributed by atoms with van der Waals surface area (Å²) in [6, 6.07) is 0. The van der Waals surface area contributed by atoms with E-state index >= 15 is 0 Å². The molecule has 1 N–H and O–H groups in total. The van der Waals surface area contributed by atoms with Gasteiger partial charge in [0, 0.05) is 0 Å². The third kappa shape index (κ3) is 8.27. The van der Waals surface area contributed by atoms with Gasteiger partial charge in [0.25, 0.3) is 0 Å². The van der Waals surface area contributed by atoms with E-state index in [0.29, 0.717) is 6.42 Å². The monoisotopic (exact) mass is 236 g/mol. The van der Waals surface area contributed by atoms with E-state index in [1.807, 2.05) is 0 Å². The molecule has 0 aliphatic heterocycles. The standard InChI is InChI=1S/C3H5NO.3CH3.Sn/c1-2-3(4)5;;;;/h4H,1-2H2;3*1H3;. The molecule has 0 aromatic heterocycles. The molecule has 0 bridgehead atoms. The molecular weight excluding hydrogens is 221 g/mol. The number of hydrogen-bond acceptors (Lipinski definition) is 1. The van der Waals surface area contributed by atoms with Crippen LogP contribution >= 0.6 is 0 Å². The topological polar surface area (TPSA) is 40.9 Å². The third-order valence-corrected chi connectivity index (χ3v) is 6.10. The Bertz CT molecular complexity index is 106. The summed E-state index contributed by atoms with van der Waals surface area (Å²) in [4.78, 5) is 17.0. The predicted octanol–water partition coefficient (Wildman–Crippen LogP) is 1.52. The molecule has 0 aromatic rings. The molecule has 0 fully saturated rings. The van der Waals surface area contributed by atoms with E-state index < -0.39 is 24.3 Å². The van der Waals surface area contributed by atoms with Crippen molar-refractivity contribution in [3.8, 4) is 0 Å².